The molecule has 6 aromatic carbocycles. The van der Waals surface area contributed by atoms with E-state index in [1.807, 2.05) is 12.1 Å². The first kappa shape index (κ1) is 28.4. The van der Waals surface area contributed by atoms with Crippen LogP contribution in [0.4, 0.5) is 11.6 Å². The predicted molar refractivity (Wildman–Crippen MR) is 207 cm³/mol. The SMILES string of the molecule is C1=CC2=[N+](c3nc(-c4ccccc4)cc(-c4ccccc4)n3)c3cc(-c4ccccc4)cc4c5cc(-c6ccccc6)ccc5n(c34)C2C=C1. The van der Waals surface area contributed by atoms with Gasteiger partial charge in [-0.1, -0.05) is 156 Å². The van der Waals surface area contributed by atoms with E-state index in [9.17, 15) is 0 Å². The largest absolute Gasteiger partial charge is 0.439 e. The summed E-state index contributed by atoms with van der Waals surface area (Å²) in [6, 6.07) is 55.8. The Kier molecular flexibility index (Phi) is 6.53. The van der Waals surface area contributed by atoms with Gasteiger partial charge in [-0.2, -0.15) is 4.58 Å². The van der Waals surface area contributed by atoms with E-state index in [1.165, 1.54) is 38.5 Å². The number of aromatic nitrogens is 3. The summed E-state index contributed by atoms with van der Waals surface area (Å²) in [6.07, 6.45) is 8.79. The fraction of sp³-hybridized carbons (Fsp3) is 0.0217. The second-order valence-corrected chi connectivity index (χ2v) is 12.8. The van der Waals surface area contributed by atoms with Crippen molar-refractivity contribution in [3.05, 3.63) is 182 Å². The standard InChI is InChI=1S/C46H31N4/c1-5-15-31(16-6-1)35-25-26-41-37(27-35)38-28-36(32-17-7-2-8-18-32)29-44-45(38)49(41)42-23-13-14-24-43(42)50(44)46-47-39(33-19-9-3-10-20-33)30-40(48-46)34-21-11-4-12-22-34/h1-30,42H/q+1. The third kappa shape index (κ3) is 4.57. The molecule has 10 rings (SSSR count). The fourth-order valence-electron chi connectivity index (χ4n) is 7.58. The van der Waals surface area contributed by atoms with Crippen LogP contribution in [0.1, 0.15) is 6.04 Å². The van der Waals surface area contributed by atoms with Crippen molar-refractivity contribution in [2.24, 2.45) is 0 Å². The molecule has 1 unspecified atom stereocenters. The number of hydrogen-bond donors (Lipinski definition) is 0. The van der Waals surface area contributed by atoms with Gasteiger partial charge in [-0.3, -0.25) is 0 Å². The lowest BCUT2D eigenvalue weighted by molar-refractivity contribution is 0.770. The van der Waals surface area contributed by atoms with E-state index in [-0.39, 0.29) is 6.04 Å². The first-order valence-electron chi connectivity index (χ1n) is 17.0. The summed E-state index contributed by atoms with van der Waals surface area (Å²) in [6.45, 7) is 0. The van der Waals surface area contributed by atoms with Crippen LogP contribution >= 0.6 is 0 Å². The third-order valence-electron chi connectivity index (χ3n) is 9.90. The van der Waals surface area contributed by atoms with Gasteiger partial charge >= 0.3 is 5.95 Å². The lowest BCUT2D eigenvalue weighted by atomic mass is 9.98. The molecule has 3 heterocycles. The summed E-state index contributed by atoms with van der Waals surface area (Å²) in [5, 5.41) is 2.44. The Balaban J connectivity index is 1.31. The van der Waals surface area contributed by atoms with E-state index < -0.39 is 0 Å². The van der Waals surface area contributed by atoms with Gasteiger partial charge in [0.1, 0.15) is 17.4 Å². The summed E-state index contributed by atoms with van der Waals surface area (Å²) >= 11 is 0. The zero-order chi connectivity index (χ0) is 33.0. The van der Waals surface area contributed by atoms with Crippen LogP contribution in [-0.2, 0) is 0 Å². The molecule has 0 saturated heterocycles. The van der Waals surface area contributed by atoms with Crippen molar-refractivity contribution in [3.8, 4) is 44.8 Å². The van der Waals surface area contributed by atoms with E-state index in [2.05, 4.69) is 179 Å². The highest BCUT2D eigenvalue weighted by molar-refractivity contribution is 6.19. The van der Waals surface area contributed by atoms with Crippen molar-refractivity contribution in [1.82, 2.24) is 19.1 Å². The van der Waals surface area contributed by atoms with Crippen molar-refractivity contribution in [2.45, 2.75) is 6.04 Å². The number of benzene rings is 6. The van der Waals surface area contributed by atoms with Crippen LogP contribution in [0.5, 0.6) is 0 Å². The summed E-state index contributed by atoms with van der Waals surface area (Å²) in [5.74, 6) is 0.651. The number of rotatable bonds is 5. The minimum Gasteiger partial charge on any atom is -0.323 e. The first-order chi connectivity index (χ1) is 24.8. The van der Waals surface area contributed by atoms with Crippen LogP contribution in [0.2, 0.25) is 0 Å². The fourth-order valence-corrected chi connectivity index (χ4v) is 7.58. The molecule has 1 aliphatic carbocycles. The van der Waals surface area contributed by atoms with Gasteiger partial charge < -0.3 is 4.57 Å². The van der Waals surface area contributed by atoms with E-state index in [0.717, 1.165) is 39.5 Å². The number of fused-ring (bicyclic) bond motifs is 5. The molecule has 1 aliphatic heterocycles. The number of nitrogens with zero attached hydrogens (tertiary/aromatic N) is 4. The molecule has 234 valence electrons. The average molecular weight is 640 g/mol. The molecule has 1 atom stereocenters. The molecular formula is C46H31N4+. The molecule has 2 aromatic heterocycles. The zero-order valence-corrected chi connectivity index (χ0v) is 27.2. The quantitative estimate of drug-likeness (QED) is 0.176. The van der Waals surface area contributed by atoms with Crippen LogP contribution in [0.25, 0.3) is 66.6 Å². The highest BCUT2D eigenvalue weighted by Gasteiger charge is 2.36. The lowest BCUT2D eigenvalue weighted by Gasteiger charge is -2.28. The molecule has 2 aliphatic rings. The molecule has 4 heteroatoms. The summed E-state index contributed by atoms with van der Waals surface area (Å²) in [4.78, 5) is 10.7. The molecule has 0 radical (unpaired) electrons. The first-order valence-corrected chi connectivity index (χ1v) is 17.0. The number of allylic oxidation sites excluding steroid dienone is 4. The van der Waals surface area contributed by atoms with Gasteiger partial charge in [0.15, 0.2) is 11.4 Å². The zero-order valence-electron chi connectivity index (χ0n) is 27.2. The van der Waals surface area contributed by atoms with Gasteiger partial charge in [0.05, 0.1) is 11.0 Å². The van der Waals surface area contributed by atoms with Crippen molar-refractivity contribution in [3.63, 3.8) is 0 Å². The topological polar surface area (TPSA) is 33.7 Å². The van der Waals surface area contributed by atoms with Gasteiger partial charge in [-0.05, 0) is 52.6 Å². The maximum atomic E-state index is 5.34. The van der Waals surface area contributed by atoms with E-state index in [0.29, 0.717) is 5.95 Å². The van der Waals surface area contributed by atoms with E-state index in [1.54, 1.807) is 0 Å². The summed E-state index contributed by atoms with van der Waals surface area (Å²) < 4.78 is 4.81. The molecule has 0 saturated carbocycles. The van der Waals surface area contributed by atoms with Crippen molar-refractivity contribution >= 4 is 39.2 Å². The van der Waals surface area contributed by atoms with Crippen LogP contribution in [0.3, 0.4) is 0 Å². The average Bonchev–Trinajstić information content (AvgIpc) is 3.53. The highest BCUT2D eigenvalue weighted by Crippen LogP contribution is 2.46. The molecular weight excluding hydrogens is 609 g/mol. The molecule has 0 bridgehead atoms. The maximum absolute atomic E-state index is 5.34. The van der Waals surface area contributed by atoms with Crippen LogP contribution in [-0.4, -0.2) is 20.2 Å². The Bertz CT molecular complexity index is 2610. The lowest BCUT2D eigenvalue weighted by Crippen LogP contribution is -2.31. The number of hydrogen-bond acceptors (Lipinski definition) is 2. The predicted octanol–water partition coefficient (Wildman–Crippen LogP) is 11.2. The van der Waals surface area contributed by atoms with Crippen LogP contribution in [0.15, 0.2) is 182 Å². The van der Waals surface area contributed by atoms with E-state index in [4.69, 9.17) is 9.97 Å². The monoisotopic (exact) mass is 639 g/mol. The Morgan fingerprint density at radius 2 is 1.04 bits per heavy atom. The Morgan fingerprint density at radius 1 is 0.480 bits per heavy atom. The van der Waals surface area contributed by atoms with Crippen molar-refractivity contribution < 1.29 is 0 Å². The Hall–Kier alpha value is -6.65. The molecule has 0 spiro atoms. The maximum Gasteiger partial charge on any atom is 0.439 e. The van der Waals surface area contributed by atoms with Gasteiger partial charge in [0, 0.05) is 28.0 Å². The van der Waals surface area contributed by atoms with Gasteiger partial charge in [0.25, 0.3) is 0 Å². The van der Waals surface area contributed by atoms with Crippen LogP contribution < -0.4 is 4.58 Å². The minimum atomic E-state index is -0.0400. The molecule has 0 amide bonds. The molecule has 8 aromatic rings. The van der Waals surface area contributed by atoms with Crippen molar-refractivity contribution in [2.75, 3.05) is 0 Å². The second kappa shape index (κ2) is 11.5. The summed E-state index contributed by atoms with van der Waals surface area (Å²) in [5.41, 5.74) is 13.2. The Morgan fingerprint density at radius 3 is 1.66 bits per heavy atom. The van der Waals surface area contributed by atoms with E-state index >= 15 is 0 Å². The van der Waals surface area contributed by atoms with Crippen molar-refractivity contribution in [1.29, 1.82) is 0 Å². The van der Waals surface area contributed by atoms with Gasteiger partial charge in [-0.15, -0.1) is 0 Å². The normalized spacial score (nSPS) is 14.8. The molecule has 50 heavy (non-hydrogen) atoms. The van der Waals surface area contributed by atoms with Gasteiger partial charge in [0.2, 0.25) is 0 Å². The molecule has 4 nitrogen and oxygen atoms in total. The van der Waals surface area contributed by atoms with Crippen LogP contribution in [0, 0.1) is 0 Å². The Labute approximate surface area is 290 Å². The smallest absolute Gasteiger partial charge is 0.323 e. The second-order valence-electron chi connectivity index (χ2n) is 12.8. The molecule has 0 fully saturated rings. The molecule has 0 N–H and O–H groups in total. The van der Waals surface area contributed by atoms with Gasteiger partial charge in [-0.25, -0.2) is 0 Å². The summed E-state index contributed by atoms with van der Waals surface area (Å²) in [7, 11) is 0. The highest BCUT2D eigenvalue weighted by atomic mass is 15.2. The minimum absolute atomic E-state index is 0.0400. The third-order valence-corrected chi connectivity index (χ3v) is 9.90.